The van der Waals surface area contributed by atoms with Gasteiger partial charge in [-0.1, -0.05) is 0 Å². The van der Waals surface area contributed by atoms with E-state index in [2.05, 4.69) is 15.5 Å². The van der Waals surface area contributed by atoms with Gasteiger partial charge in [0, 0.05) is 5.69 Å². The normalized spacial score (nSPS) is 10.7. The molecule has 0 radical (unpaired) electrons. The lowest BCUT2D eigenvalue weighted by Gasteiger charge is -2.09. The lowest BCUT2D eigenvalue weighted by molar-refractivity contribution is -0.115. The number of halogens is 1. The summed E-state index contributed by atoms with van der Waals surface area (Å²) in [7, 11) is 4.09. The van der Waals surface area contributed by atoms with Crippen LogP contribution in [0.25, 0.3) is 0 Å². The highest BCUT2D eigenvalue weighted by molar-refractivity contribution is 5.92. The first-order chi connectivity index (χ1) is 9.08. The zero-order valence-electron chi connectivity index (χ0n) is 11.6. The second-order valence-electron chi connectivity index (χ2n) is 4.74. The van der Waals surface area contributed by atoms with Crippen molar-refractivity contribution in [1.82, 2.24) is 10.2 Å². The van der Waals surface area contributed by atoms with Gasteiger partial charge in [-0.2, -0.15) is 0 Å². The number of unbranched alkanes of at least 4 members (excludes halogenated alkanes) is 1. The third-order valence-corrected chi connectivity index (χ3v) is 2.62. The Kier molecular flexibility index (Phi) is 7.07. The Balaban J connectivity index is 2.09. The van der Waals surface area contributed by atoms with E-state index < -0.39 is 0 Å². The van der Waals surface area contributed by atoms with Crippen LogP contribution in [0.3, 0.4) is 0 Å². The maximum absolute atomic E-state index is 12.7. The number of nitrogens with one attached hydrogen (secondary N) is 2. The average Bonchev–Trinajstić information content (AvgIpc) is 2.36. The number of carbonyl (C=O) groups excluding carboxylic acids is 1. The summed E-state index contributed by atoms with van der Waals surface area (Å²) in [6.45, 7) is 2.16. The van der Waals surface area contributed by atoms with Crippen LogP contribution in [0, 0.1) is 5.82 Å². The summed E-state index contributed by atoms with van der Waals surface area (Å²) < 4.78 is 12.7. The summed E-state index contributed by atoms with van der Waals surface area (Å²) in [4.78, 5) is 13.7. The minimum absolute atomic E-state index is 0.112. The molecule has 0 aliphatic carbocycles. The van der Waals surface area contributed by atoms with Gasteiger partial charge in [0.2, 0.25) is 5.91 Å². The number of benzene rings is 1. The van der Waals surface area contributed by atoms with Crippen LogP contribution in [0.4, 0.5) is 10.1 Å². The van der Waals surface area contributed by atoms with Crippen LogP contribution in [0.5, 0.6) is 0 Å². The van der Waals surface area contributed by atoms with Gasteiger partial charge in [-0.15, -0.1) is 0 Å². The van der Waals surface area contributed by atoms with E-state index in [0.717, 1.165) is 25.9 Å². The largest absolute Gasteiger partial charge is 0.325 e. The van der Waals surface area contributed by atoms with Crippen molar-refractivity contribution in [2.75, 3.05) is 39.0 Å². The van der Waals surface area contributed by atoms with Crippen molar-refractivity contribution in [3.63, 3.8) is 0 Å². The molecule has 0 atom stereocenters. The molecule has 0 aliphatic heterocycles. The number of amides is 1. The molecule has 0 saturated heterocycles. The van der Waals surface area contributed by atoms with Crippen LogP contribution in [0.1, 0.15) is 12.8 Å². The summed E-state index contributed by atoms with van der Waals surface area (Å²) in [6.07, 6.45) is 2.15. The topological polar surface area (TPSA) is 44.4 Å². The molecule has 0 heterocycles. The highest BCUT2D eigenvalue weighted by atomic mass is 19.1. The maximum atomic E-state index is 12.7. The molecule has 0 bridgehead atoms. The van der Waals surface area contributed by atoms with Crippen molar-refractivity contribution in [2.45, 2.75) is 12.8 Å². The number of rotatable bonds is 8. The number of hydrogen-bond acceptors (Lipinski definition) is 3. The quantitative estimate of drug-likeness (QED) is 0.705. The van der Waals surface area contributed by atoms with E-state index in [1.165, 1.54) is 12.1 Å². The molecule has 5 heteroatoms. The highest BCUT2D eigenvalue weighted by Gasteiger charge is 2.01. The molecule has 1 amide bonds. The SMILES string of the molecule is CN(C)CCCCNCC(=O)Nc1ccc(F)cc1. The van der Waals surface area contributed by atoms with Crippen LogP contribution < -0.4 is 10.6 Å². The van der Waals surface area contributed by atoms with Crippen molar-refractivity contribution in [3.8, 4) is 0 Å². The van der Waals surface area contributed by atoms with Crippen LogP contribution >= 0.6 is 0 Å². The number of nitrogens with zero attached hydrogens (tertiary/aromatic N) is 1. The third kappa shape index (κ3) is 7.54. The van der Waals surface area contributed by atoms with Crippen LogP contribution in [-0.2, 0) is 4.79 Å². The van der Waals surface area contributed by atoms with Gasteiger partial charge in [0.05, 0.1) is 6.54 Å². The van der Waals surface area contributed by atoms with Crippen LogP contribution in [0.2, 0.25) is 0 Å². The van der Waals surface area contributed by atoms with Gasteiger partial charge in [0.25, 0.3) is 0 Å². The molecule has 1 aromatic carbocycles. The van der Waals surface area contributed by atoms with E-state index in [0.29, 0.717) is 5.69 Å². The van der Waals surface area contributed by atoms with E-state index in [1.54, 1.807) is 12.1 Å². The van der Waals surface area contributed by atoms with Gasteiger partial charge in [-0.3, -0.25) is 4.79 Å². The molecule has 0 aliphatic rings. The van der Waals surface area contributed by atoms with Gasteiger partial charge in [0.1, 0.15) is 5.82 Å². The summed E-state index contributed by atoms with van der Waals surface area (Å²) in [6, 6.07) is 5.74. The maximum Gasteiger partial charge on any atom is 0.238 e. The van der Waals surface area contributed by atoms with Gasteiger partial charge in [0.15, 0.2) is 0 Å². The molecule has 1 rings (SSSR count). The van der Waals surface area contributed by atoms with Gasteiger partial charge in [-0.05, 0) is 64.3 Å². The van der Waals surface area contributed by atoms with E-state index in [1.807, 2.05) is 14.1 Å². The molecule has 4 nitrogen and oxygen atoms in total. The highest BCUT2D eigenvalue weighted by Crippen LogP contribution is 2.07. The molecule has 106 valence electrons. The lowest BCUT2D eigenvalue weighted by Crippen LogP contribution is -2.29. The molecule has 0 spiro atoms. The number of anilines is 1. The van der Waals surface area contributed by atoms with Crippen molar-refractivity contribution in [1.29, 1.82) is 0 Å². The summed E-state index contributed by atoms with van der Waals surface area (Å²) in [5.41, 5.74) is 0.612. The molecule has 1 aromatic rings. The second-order valence-corrected chi connectivity index (χ2v) is 4.74. The fourth-order valence-corrected chi connectivity index (χ4v) is 1.62. The predicted octanol–water partition coefficient (Wildman–Crippen LogP) is 1.70. The molecule has 0 saturated carbocycles. The third-order valence-electron chi connectivity index (χ3n) is 2.62. The second kappa shape index (κ2) is 8.61. The minimum atomic E-state index is -0.308. The Hall–Kier alpha value is -1.46. The first-order valence-electron chi connectivity index (χ1n) is 6.49. The van der Waals surface area contributed by atoms with Crippen LogP contribution in [-0.4, -0.2) is 44.5 Å². The molecule has 0 aromatic heterocycles. The van der Waals surface area contributed by atoms with E-state index in [4.69, 9.17) is 0 Å². The Labute approximate surface area is 114 Å². The molecular weight excluding hydrogens is 245 g/mol. The molecule has 2 N–H and O–H groups in total. The minimum Gasteiger partial charge on any atom is -0.325 e. The van der Waals surface area contributed by atoms with Crippen molar-refractivity contribution < 1.29 is 9.18 Å². The van der Waals surface area contributed by atoms with Crippen LogP contribution in [0.15, 0.2) is 24.3 Å². The average molecular weight is 267 g/mol. The molecule has 0 unspecified atom stereocenters. The Bertz CT molecular complexity index is 379. The summed E-state index contributed by atoms with van der Waals surface area (Å²) in [5.74, 6) is -0.420. The molecular formula is C14H22FN3O. The predicted molar refractivity (Wildman–Crippen MR) is 75.7 cm³/mol. The lowest BCUT2D eigenvalue weighted by atomic mass is 10.3. The Morgan fingerprint density at radius 1 is 1.21 bits per heavy atom. The van der Waals surface area contributed by atoms with Gasteiger partial charge >= 0.3 is 0 Å². The standard InChI is InChI=1S/C14H22FN3O/c1-18(2)10-4-3-9-16-11-14(19)17-13-7-5-12(15)6-8-13/h5-8,16H,3-4,9-11H2,1-2H3,(H,17,19). The number of hydrogen-bond donors (Lipinski definition) is 2. The molecule has 0 fully saturated rings. The van der Waals surface area contributed by atoms with Crippen molar-refractivity contribution >= 4 is 11.6 Å². The van der Waals surface area contributed by atoms with Gasteiger partial charge < -0.3 is 15.5 Å². The zero-order chi connectivity index (χ0) is 14.1. The van der Waals surface area contributed by atoms with Gasteiger partial charge in [-0.25, -0.2) is 4.39 Å². The van der Waals surface area contributed by atoms with E-state index in [9.17, 15) is 9.18 Å². The first-order valence-corrected chi connectivity index (χ1v) is 6.49. The molecule has 19 heavy (non-hydrogen) atoms. The van der Waals surface area contributed by atoms with E-state index >= 15 is 0 Å². The fraction of sp³-hybridized carbons (Fsp3) is 0.500. The Morgan fingerprint density at radius 3 is 2.53 bits per heavy atom. The monoisotopic (exact) mass is 267 g/mol. The van der Waals surface area contributed by atoms with E-state index in [-0.39, 0.29) is 18.3 Å². The summed E-state index contributed by atoms with van der Waals surface area (Å²) in [5, 5.41) is 5.79. The number of carbonyl (C=O) groups is 1. The first kappa shape index (κ1) is 15.6. The van der Waals surface area contributed by atoms with Crippen molar-refractivity contribution in [2.24, 2.45) is 0 Å². The smallest absolute Gasteiger partial charge is 0.238 e. The zero-order valence-corrected chi connectivity index (χ0v) is 11.6. The Morgan fingerprint density at radius 2 is 1.89 bits per heavy atom. The fourth-order valence-electron chi connectivity index (χ4n) is 1.62. The summed E-state index contributed by atoms with van der Waals surface area (Å²) >= 11 is 0. The van der Waals surface area contributed by atoms with Crippen molar-refractivity contribution in [3.05, 3.63) is 30.1 Å².